The van der Waals surface area contributed by atoms with Gasteiger partial charge in [0, 0.05) is 5.56 Å². The Morgan fingerprint density at radius 3 is 2.45 bits per heavy atom. The van der Waals surface area contributed by atoms with Gasteiger partial charge in [0.25, 0.3) is 5.78 Å². The van der Waals surface area contributed by atoms with Crippen molar-refractivity contribution in [1.29, 1.82) is 0 Å². The predicted molar refractivity (Wildman–Crippen MR) is 83.2 cm³/mol. The minimum Gasteiger partial charge on any atom is -0.497 e. The number of benzene rings is 2. The Hall–Kier alpha value is -2.95. The number of hydrazone groups is 1. The summed E-state index contributed by atoms with van der Waals surface area (Å²) in [6.07, 6.45) is 0. The summed E-state index contributed by atoms with van der Waals surface area (Å²) in [5.41, 5.74) is 2.33. The van der Waals surface area contributed by atoms with E-state index in [1.54, 1.807) is 43.5 Å². The number of carbonyl (C=O) groups is 2. The number of nitrogens with zero attached hydrogens (tertiary/aromatic N) is 2. The Labute approximate surface area is 127 Å². The molecular weight excluding hydrogens is 280 g/mol. The van der Waals surface area contributed by atoms with Gasteiger partial charge in [0.15, 0.2) is 0 Å². The third kappa shape index (κ3) is 2.37. The van der Waals surface area contributed by atoms with Gasteiger partial charge in [0.05, 0.1) is 12.8 Å². The second-order valence-corrected chi connectivity index (χ2v) is 4.96. The van der Waals surface area contributed by atoms with Crippen molar-refractivity contribution in [2.24, 2.45) is 5.10 Å². The maximum Gasteiger partial charge on any atom is 0.321 e. The molecule has 22 heavy (non-hydrogen) atoms. The van der Waals surface area contributed by atoms with Crippen molar-refractivity contribution in [3.05, 3.63) is 59.7 Å². The molecule has 0 N–H and O–H groups in total. The quantitative estimate of drug-likeness (QED) is 0.816. The Morgan fingerprint density at radius 2 is 1.77 bits per heavy atom. The number of hydrogen-bond acceptors (Lipinski definition) is 4. The lowest BCUT2D eigenvalue weighted by Crippen LogP contribution is -2.27. The molecule has 0 saturated carbocycles. The van der Waals surface area contributed by atoms with E-state index in [2.05, 4.69) is 5.10 Å². The second kappa shape index (κ2) is 5.44. The van der Waals surface area contributed by atoms with E-state index in [4.69, 9.17) is 4.74 Å². The summed E-state index contributed by atoms with van der Waals surface area (Å²) in [5.74, 6) is -0.662. The van der Waals surface area contributed by atoms with Crippen molar-refractivity contribution in [3.63, 3.8) is 0 Å². The molecule has 0 fully saturated rings. The van der Waals surface area contributed by atoms with Crippen molar-refractivity contribution < 1.29 is 14.3 Å². The molecule has 3 rings (SSSR count). The van der Waals surface area contributed by atoms with Crippen molar-refractivity contribution in [2.45, 2.75) is 6.92 Å². The van der Waals surface area contributed by atoms with E-state index in [9.17, 15) is 9.59 Å². The van der Waals surface area contributed by atoms with Crippen LogP contribution in [0.2, 0.25) is 0 Å². The number of aryl methyl sites for hydroxylation is 1. The Morgan fingerprint density at radius 1 is 1.05 bits per heavy atom. The van der Waals surface area contributed by atoms with E-state index in [0.717, 1.165) is 10.6 Å². The first kappa shape index (κ1) is 14.0. The van der Waals surface area contributed by atoms with Crippen molar-refractivity contribution >= 4 is 23.1 Å². The molecular formula is C17H14N2O3. The molecule has 0 atom stereocenters. The number of anilines is 1. The lowest BCUT2D eigenvalue weighted by molar-refractivity contribution is -0.131. The second-order valence-electron chi connectivity index (χ2n) is 4.96. The Kier molecular flexibility index (Phi) is 3.47. The largest absolute Gasteiger partial charge is 0.497 e. The standard InChI is InChI=1S/C17H14N2O3/c1-11-6-8-13(9-7-11)19-17(21)16(20)15(18-19)12-4-3-5-14(10-12)22-2/h3-10H,1-2H3. The average Bonchev–Trinajstić information content (AvgIpc) is 2.84. The predicted octanol–water partition coefficient (Wildman–Crippen LogP) is 2.32. The van der Waals surface area contributed by atoms with Gasteiger partial charge < -0.3 is 4.74 Å². The summed E-state index contributed by atoms with van der Waals surface area (Å²) in [6.45, 7) is 1.95. The van der Waals surface area contributed by atoms with Gasteiger partial charge >= 0.3 is 5.91 Å². The van der Waals surface area contributed by atoms with Crippen LogP contribution in [0.5, 0.6) is 5.75 Å². The van der Waals surface area contributed by atoms with Gasteiger partial charge in [-0.15, -0.1) is 0 Å². The highest BCUT2D eigenvalue weighted by molar-refractivity contribution is 6.72. The van der Waals surface area contributed by atoms with Crippen LogP contribution >= 0.6 is 0 Å². The first-order valence-electron chi connectivity index (χ1n) is 6.78. The molecule has 0 saturated heterocycles. The van der Waals surface area contributed by atoms with E-state index in [1.807, 2.05) is 19.1 Å². The van der Waals surface area contributed by atoms with Crippen LogP contribution < -0.4 is 9.75 Å². The molecule has 1 aliphatic heterocycles. The molecule has 0 aromatic heterocycles. The smallest absolute Gasteiger partial charge is 0.321 e. The summed E-state index contributed by atoms with van der Waals surface area (Å²) in [6, 6.07) is 14.2. The Bertz CT molecular complexity index is 779. The number of hydrogen-bond donors (Lipinski definition) is 0. The molecule has 5 nitrogen and oxygen atoms in total. The van der Waals surface area contributed by atoms with Gasteiger partial charge in [-0.25, -0.2) is 0 Å². The van der Waals surface area contributed by atoms with E-state index < -0.39 is 11.7 Å². The molecule has 0 spiro atoms. The monoisotopic (exact) mass is 294 g/mol. The van der Waals surface area contributed by atoms with E-state index in [0.29, 0.717) is 17.0 Å². The molecule has 110 valence electrons. The third-order valence-corrected chi connectivity index (χ3v) is 3.42. The van der Waals surface area contributed by atoms with Gasteiger partial charge in [0.2, 0.25) is 0 Å². The molecule has 5 heteroatoms. The minimum atomic E-state index is -0.651. The number of ketones is 1. The zero-order valence-electron chi connectivity index (χ0n) is 12.2. The molecule has 0 bridgehead atoms. The third-order valence-electron chi connectivity index (χ3n) is 3.42. The maximum absolute atomic E-state index is 12.2. The number of carbonyl (C=O) groups excluding carboxylic acids is 2. The molecule has 1 aliphatic rings. The Balaban J connectivity index is 2.01. The highest BCUT2D eigenvalue weighted by Crippen LogP contribution is 2.23. The highest BCUT2D eigenvalue weighted by Gasteiger charge is 2.35. The SMILES string of the molecule is COc1cccc(C2=NN(c3ccc(C)cc3)C(=O)C2=O)c1. The van der Waals surface area contributed by atoms with Crippen LogP contribution in [0.1, 0.15) is 11.1 Å². The highest BCUT2D eigenvalue weighted by atomic mass is 16.5. The van der Waals surface area contributed by atoms with Gasteiger partial charge in [-0.1, -0.05) is 29.8 Å². The zero-order chi connectivity index (χ0) is 15.7. The summed E-state index contributed by atoms with van der Waals surface area (Å²) in [4.78, 5) is 24.4. The number of Topliss-reactive ketones (excluding diaryl/α,β-unsaturated/α-hetero) is 1. The topological polar surface area (TPSA) is 59.0 Å². The summed E-state index contributed by atoms with van der Waals surface area (Å²) < 4.78 is 5.14. The van der Waals surface area contributed by atoms with E-state index in [1.165, 1.54) is 0 Å². The van der Waals surface area contributed by atoms with Crippen molar-refractivity contribution in [3.8, 4) is 5.75 Å². The molecule has 2 aromatic rings. The lowest BCUT2D eigenvalue weighted by atomic mass is 10.1. The number of methoxy groups -OCH3 is 1. The fourth-order valence-electron chi connectivity index (χ4n) is 2.21. The van der Waals surface area contributed by atoms with E-state index in [-0.39, 0.29) is 5.71 Å². The number of amides is 1. The van der Waals surface area contributed by atoms with Crippen molar-refractivity contribution in [2.75, 3.05) is 12.1 Å². The first-order valence-corrected chi connectivity index (χ1v) is 6.78. The van der Waals surface area contributed by atoms with Crippen LogP contribution in [0.15, 0.2) is 53.6 Å². The molecule has 1 heterocycles. The normalized spacial score (nSPS) is 14.3. The van der Waals surface area contributed by atoms with Crippen LogP contribution in [0.3, 0.4) is 0 Å². The van der Waals surface area contributed by atoms with Gasteiger partial charge in [-0.05, 0) is 31.2 Å². The molecule has 0 radical (unpaired) electrons. The summed E-state index contributed by atoms with van der Waals surface area (Å²) >= 11 is 0. The minimum absolute atomic E-state index is 0.129. The van der Waals surface area contributed by atoms with Gasteiger partial charge in [-0.3, -0.25) is 9.59 Å². The fourth-order valence-corrected chi connectivity index (χ4v) is 2.21. The zero-order valence-corrected chi connectivity index (χ0v) is 12.2. The molecule has 1 amide bonds. The number of ether oxygens (including phenoxy) is 1. The molecule has 0 aliphatic carbocycles. The first-order chi connectivity index (χ1) is 10.6. The van der Waals surface area contributed by atoms with Crippen LogP contribution in [-0.2, 0) is 9.59 Å². The maximum atomic E-state index is 12.2. The van der Waals surface area contributed by atoms with Crippen LogP contribution in [0.25, 0.3) is 0 Å². The van der Waals surface area contributed by atoms with Crippen LogP contribution in [0.4, 0.5) is 5.69 Å². The molecule has 2 aromatic carbocycles. The summed E-state index contributed by atoms with van der Waals surface area (Å²) in [5, 5.41) is 5.33. The van der Waals surface area contributed by atoms with Gasteiger partial charge in [-0.2, -0.15) is 10.1 Å². The van der Waals surface area contributed by atoms with Crippen LogP contribution in [-0.4, -0.2) is 24.5 Å². The van der Waals surface area contributed by atoms with Crippen molar-refractivity contribution in [1.82, 2.24) is 0 Å². The fraction of sp³-hybridized carbons (Fsp3) is 0.118. The lowest BCUT2D eigenvalue weighted by Gasteiger charge is -2.10. The average molecular weight is 294 g/mol. The number of rotatable bonds is 3. The molecule has 0 unspecified atom stereocenters. The van der Waals surface area contributed by atoms with E-state index >= 15 is 0 Å². The van der Waals surface area contributed by atoms with Crippen LogP contribution in [0, 0.1) is 6.92 Å². The van der Waals surface area contributed by atoms with Gasteiger partial charge in [0.1, 0.15) is 11.5 Å². The summed E-state index contributed by atoms with van der Waals surface area (Å²) in [7, 11) is 1.54.